The summed E-state index contributed by atoms with van der Waals surface area (Å²) in [5.74, 6) is 2.32. The molecule has 3 heteroatoms. The first-order valence-electron chi connectivity index (χ1n) is 4.73. The Morgan fingerprint density at radius 1 is 1.69 bits per heavy atom. The van der Waals surface area contributed by atoms with E-state index < -0.39 is 0 Å². The van der Waals surface area contributed by atoms with Gasteiger partial charge in [0.15, 0.2) is 0 Å². The fourth-order valence-electron chi connectivity index (χ4n) is 1.64. The van der Waals surface area contributed by atoms with E-state index >= 15 is 0 Å². The van der Waals surface area contributed by atoms with Gasteiger partial charge in [0.1, 0.15) is 5.76 Å². The van der Waals surface area contributed by atoms with Crippen LogP contribution in [0.25, 0.3) is 0 Å². The molecular formula is C10H15NOS. The molecule has 2 nitrogen and oxygen atoms in total. The van der Waals surface area contributed by atoms with E-state index in [1.165, 1.54) is 12.2 Å². The van der Waals surface area contributed by atoms with Gasteiger partial charge in [0, 0.05) is 11.3 Å². The van der Waals surface area contributed by atoms with Gasteiger partial charge in [0.25, 0.3) is 0 Å². The fraction of sp³-hybridized carbons (Fsp3) is 0.600. The minimum Gasteiger partial charge on any atom is -0.468 e. The summed E-state index contributed by atoms with van der Waals surface area (Å²) in [7, 11) is 0. The molecule has 1 N–H and O–H groups in total. The Morgan fingerprint density at radius 2 is 2.62 bits per heavy atom. The molecular weight excluding hydrogens is 182 g/mol. The Balaban J connectivity index is 1.79. The van der Waals surface area contributed by atoms with Gasteiger partial charge < -0.3 is 9.73 Å². The maximum atomic E-state index is 5.26. The Bertz CT molecular complexity index is 247. The molecule has 1 aliphatic heterocycles. The highest BCUT2D eigenvalue weighted by molar-refractivity contribution is 8.00. The molecule has 0 radical (unpaired) electrons. The minimum absolute atomic E-state index is 0.662. The van der Waals surface area contributed by atoms with Gasteiger partial charge >= 0.3 is 0 Å². The van der Waals surface area contributed by atoms with Crippen molar-refractivity contribution in [3.05, 3.63) is 24.2 Å². The molecule has 0 aliphatic carbocycles. The van der Waals surface area contributed by atoms with Crippen molar-refractivity contribution in [2.24, 2.45) is 0 Å². The maximum Gasteiger partial charge on any atom is 0.117 e. The highest BCUT2D eigenvalue weighted by Gasteiger charge is 2.23. The van der Waals surface area contributed by atoms with Crippen LogP contribution in [0.3, 0.4) is 0 Å². The highest BCUT2D eigenvalue weighted by Crippen LogP contribution is 2.26. The smallest absolute Gasteiger partial charge is 0.117 e. The second-order valence-corrected chi connectivity index (χ2v) is 4.92. The number of rotatable bonds is 3. The predicted octanol–water partition coefficient (Wildman–Crippen LogP) is 2.26. The van der Waals surface area contributed by atoms with Crippen molar-refractivity contribution in [3.8, 4) is 0 Å². The summed E-state index contributed by atoms with van der Waals surface area (Å²) < 4.78 is 5.26. The summed E-state index contributed by atoms with van der Waals surface area (Å²) in [5, 5.41) is 4.26. The van der Waals surface area contributed by atoms with E-state index in [0.717, 1.165) is 17.6 Å². The third-order valence-corrected chi connectivity index (χ3v) is 3.82. The van der Waals surface area contributed by atoms with Gasteiger partial charge in [-0.1, -0.05) is 6.92 Å². The van der Waals surface area contributed by atoms with Crippen molar-refractivity contribution < 1.29 is 4.42 Å². The lowest BCUT2D eigenvalue weighted by atomic mass is 10.2. The lowest BCUT2D eigenvalue weighted by Crippen LogP contribution is -2.32. The van der Waals surface area contributed by atoms with Gasteiger partial charge in [-0.15, -0.1) is 0 Å². The fourth-order valence-corrected chi connectivity index (χ4v) is 2.87. The molecule has 2 rings (SSSR count). The zero-order chi connectivity index (χ0) is 9.10. The van der Waals surface area contributed by atoms with Crippen molar-refractivity contribution in [2.45, 2.75) is 31.2 Å². The quantitative estimate of drug-likeness (QED) is 0.804. The average molecular weight is 197 g/mol. The van der Waals surface area contributed by atoms with Crippen molar-refractivity contribution >= 4 is 11.8 Å². The second-order valence-electron chi connectivity index (χ2n) is 3.43. The van der Waals surface area contributed by atoms with Crippen LogP contribution in [0, 0.1) is 0 Å². The zero-order valence-corrected chi connectivity index (χ0v) is 8.64. The van der Waals surface area contributed by atoms with Gasteiger partial charge in [-0.2, -0.15) is 11.8 Å². The van der Waals surface area contributed by atoms with E-state index in [9.17, 15) is 0 Å². The van der Waals surface area contributed by atoms with Crippen molar-refractivity contribution in [1.82, 2.24) is 5.32 Å². The number of nitrogens with one attached hydrogen (secondary N) is 1. The molecule has 0 spiro atoms. The van der Waals surface area contributed by atoms with Crippen LogP contribution >= 0.6 is 11.8 Å². The summed E-state index contributed by atoms with van der Waals surface area (Å²) in [5.41, 5.74) is 0. The summed E-state index contributed by atoms with van der Waals surface area (Å²) >= 11 is 2.05. The minimum atomic E-state index is 0.662. The molecule has 2 heterocycles. The van der Waals surface area contributed by atoms with Crippen LogP contribution in [0.5, 0.6) is 0 Å². The van der Waals surface area contributed by atoms with Crippen LogP contribution in [0.15, 0.2) is 22.8 Å². The van der Waals surface area contributed by atoms with Crippen molar-refractivity contribution in [1.29, 1.82) is 0 Å². The van der Waals surface area contributed by atoms with Crippen molar-refractivity contribution in [3.63, 3.8) is 0 Å². The molecule has 72 valence electrons. The van der Waals surface area contributed by atoms with E-state index in [1.54, 1.807) is 6.26 Å². The first kappa shape index (κ1) is 9.16. The van der Waals surface area contributed by atoms with E-state index in [1.807, 2.05) is 23.9 Å². The van der Waals surface area contributed by atoms with Crippen LogP contribution in [0.4, 0.5) is 0 Å². The third-order valence-electron chi connectivity index (χ3n) is 2.49. The molecule has 0 bridgehead atoms. The predicted molar refractivity (Wildman–Crippen MR) is 55.9 cm³/mol. The first-order chi connectivity index (χ1) is 6.36. The normalized spacial score (nSPS) is 28.1. The summed E-state index contributed by atoms with van der Waals surface area (Å²) in [6.45, 7) is 3.15. The number of hydrogen-bond acceptors (Lipinski definition) is 3. The van der Waals surface area contributed by atoms with Crippen molar-refractivity contribution in [2.75, 3.05) is 5.75 Å². The van der Waals surface area contributed by atoms with E-state index in [4.69, 9.17) is 4.42 Å². The molecule has 0 aromatic carbocycles. The van der Waals surface area contributed by atoms with E-state index in [-0.39, 0.29) is 0 Å². The van der Waals surface area contributed by atoms with Gasteiger partial charge in [-0.25, -0.2) is 0 Å². The molecule has 1 aromatic heterocycles. The van der Waals surface area contributed by atoms with Crippen LogP contribution in [-0.4, -0.2) is 17.0 Å². The monoisotopic (exact) mass is 197 g/mol. The standard InChI is InChI=1S/C10H15NOS/c1-8-10(4-6-13-8)11-7-9-3-2-5-12-9/h2-3,5,8,10-11H,4,6-7H2,1H3. The maximum absolute atomic E-state index is 5.26. The van der Waals surface area contributed by atoms with E-state index in [2.05, 4.69) is 12.2 Å². The summed E-state index contributed by atoms with van der Waals surface area (Å²) in [4.78, 5) is 0. The lowest BCUT2D eigenvalue weighted by Gasteiger charge is -2.15. The molecule has 1 aromatic rings. The Hall–Kier alpha value is -0.410. The first-order valence-corrected chi connectivity index (χ1v) is 5.78. The Kier molecular flexibility index (Phi) is 2.96. The molecule has 0 saturated carbocycles. The summed E-state index contributed by atoms with van der Waals surface area (Å²) in [6.07, 6.45) is 3.01. The van der Waals surface area contributed by atoms with Gasteiger partial charge in [-0.05, 0) is 24.3 Å². The number of furan rings is 1. The van der Waals surface area contributed by atoms with E-state index in [0.29, 0.717) is 6.04 Å². The SMILES string of the molecule is CC1SCCC1NCc1ccco1. The molecule has 1 saturated heterocycles. The van der Waals surface area contributed by atoms with Crippen LogP contribution in [0.2, 0.25) is 0 Å². The Labute approximate surface area is 83.1 Å². The van der Waals surface area contributed by atoms with Crippen LogP contribution in [0.1, 0.15) is 19.1 Å². The molecule has 1 aliphatic rings. The summed E-state index contributed by atoms with van der Waals surface area (Å²) in [6, 6.07) is 4.61. The largest absolute Gasteiger partial charge is 0.468 e. The lowest BCUT2D eigenvalue weighted by molar-refractivity contribution is 0.442. The number of thioether (sulfide) groups is 1. The van der Waals surface area contributed by atoms with Gasteiger partial charge in [-0.3, -0.25) is 0 Å². The average Bonchev–Trinajstić information content (AvgIpc) is 2.72. The van der Waals surface area contributed by atoms with Crippen LogP contribution in [-0.2, 0) is 6.54 Å². The molecule has 0 amide bonds. The van der Waals surface area contributed by atoms with Gasteiger partial charge in [0.2, 0.25) is 0 Å². The highest BCUT2D eigenvalue weighted by atomic mass is 32.2. The molecule has 13 heavy (non-hydrogen) atoms. The third kappa shape index (κ3) is 2.29. The molecule has 1 fully saturated rings. The number of hydrogen-bond donors (Lipinski definition) is 1. The van der Waals surface area contributed by atoms with Gasteiger partial charge in [0.05, 0.1) is 12.8 Å². The molecule has 2 unspecified atom stereocenters. The zero-order valence-electron chi connectivity index (χ0n) is 7.82. The topological polar surface area (TPSA) is 25.2 Å². The Morgan fingerprint density at radius 3 is 3.23 bits per heavy atom. The van der Waals surface area contributed by atoms with Crippen LogP contribution < -0.4 is 5.32 Å². The second kappa shape index (κ2) is 4.20. The molecule has 2 atom stereocenters.